The molecule has 1 aliphatic carbocycles. The summed E-state index contributed by atoms with van der Waals surface area (Å²) in [6.45, 7) is 4.53. The van der Waals surface area contributed by atoms with Gasteiger partial charge in [0.25, 0.3) is 0 Å². The van der Waals surface area contributed by atoms with Crippen LogP contribution in [0.2, 0.25) is 0 Å². The second-order valence-electron chi connectivity index (χ2n) is 9.29. The summed E-state index contributed by atoms with van der Waals surface area (Å²) >= 11 is 0. The van der Waals surface area contributed by atoms with Gasteiger partial charge >= 0.3 is 0 Å². The Morgan fingerprint density at radius 3 is 1.61 bits per heavy atom. The van der Waals surface area contributed by atoms with Crippen molar-refractivity contribution in [2.24, 2.45) is 11.8 Å². The van der Waals surface area contributed by atoms with E-state index >= 15 is 0 Å². The van der Waals surface area contributed by atoms with Crippen LogP contribution in [0.5, 0.6) is 0 Å². The van der Waals surface area contributed by atoms with Gasteiger partial charge in [-0.25, -0.2) is 0 Å². The molecule has 164 valence electrons. The molecular formula is C26H48O2. The number of hydrogen-bond donors (Lipinski definition) is 0. The molecular weight excluding hydrogens is 344 g/mol. The zero-order valence-electron chi connectivity index (χ0n) is 19.1. The minimum atomic E-state index is 0.408. The lowest BCUT2D eigenvalue weighted by atomic mass is 9.74. The minimum Gasteiger partial charge on any atom is -0.300 e. The lowest BCUT2D eigenvalue weighted by Gasteiger charge is -2.31. The van der Waals surface area contributed by atoms with Crippen LogP contribution >= 0.6 is 0 Å². The second kappa shape index (κ2) is 17.2. The fourth-order valence-electron chi connectivity index (χ4n) is 4.94. The molecule has 0 N–H and O–H groups in total. The molecule has 0 heterocycles. The molecule has 1 aliphatic rings. The topological polar surface area (TPSA) is 34.1 Å². The number of ketones is 2. The summed E-state index contributed by atoms with van der Waals surface area (Å²) in [6, 6.07) is 0. The maximum Gasteiger partial charge on any atom is 0.132 e. The van der Waals surface area contributed by atoms with E-state index in [1.54, 1.807) is 0 Å². The molecule has 0 aromatic rings. The largest absolute Gasteiger partial charge is 0.300 e. The molecule has 0 spiro atoms. The Balaban J connectivity index is 1.98. The summed E-state index contributed by atoms with van der Waals surface area (Å²) in [5.41, 5.74) is 0. The summed E-state index contributed by atoms with van der Waals surface area (Å²) in [5.74, 6) is 2.50. The highest BCUT2D eigenvalue weighted by atomic mass is 16.1. The highest BCUT2D eigenvalue weighted by molar-refractivity contribution is 5.79. The van der Waals surface area contributed by atoms with Crippen LogP contribution in [0.4, 0.5) is 0 Å². The number of rotatable bonds is 18. The molecule has 0 saturated heterocycles. The van der Waals surface area contributed by atoms with Crippen molar-refractivity contribution < 1.29 is 9.59 Å². The summed E-state index contributed by atoms with van der Waals surface area (Å²) in [7, 11) is 0. The molecule has 0 aromatic carbocycles. The van der Waals surface area contributed by atoms with Crippen molar-refractivity contribution in [3.05, 3.63) is 0 Å². The van der Waals surface area contributed by atoms with Crippen molar-refractivity contribution >= 4 is 11.6 Å². The van der Waals surface area contributed by atoms with Crippen LogP contribution in [-0.4, -0.2) is 11.6 Å². The van der Waals surface area contributed by atoms with Gasteiger partial charge < -0.3 is 0 Å². The first-order valence-corrected chi connectivity index (χ1v) is 12.7. The van der Waals surface area contributed by atoms with E-state index in [4.69, 9.17) is 0 Å². The highest BCUT2D eigenvalue weighted by Crippen LogP contribution is 2.36. The maximum atomic E-state index is 12.2. The standard InChI is InChI=1S/C26H48O2/c1-3-5-6-7-8-9-10-18-25(27)19-13-14-20-26(28)22-21-24-17-12-11-16-23(24)15-4-2/h23-24H,3-22H2,1-2H3. The summed E-state index contributed by atoms with van der Waals surface area (Å²) < 4.78 is 0. The predicted molar refractivity (Wildman–Crippen MR) is 121 cm³/mol. The Labute approximate surface area is 175 Å². The zero-order chi connectivity index (χ0) is 20.5. The monoisotopic (exact) mass is 392 g/mol. The molecule has 2 atom stereocenters. The van der Waals surface area contributed by atoms with Gasteiger partial charge in [-0.05, 0) is 37.5 Å². The van der Waals surface area contributed by atoms with Gasteiger partial charge in [0.15, 0.2) is 0 Å². The van der Waals surface area contributed by atoms with Crippen molar-refractivity contribution in [1.29, 1.82) is 0 Å². The molecule has 0 aliphatic heterocycles. The molecule has 1 fully saturated rings. The van der Waals surface area contributed by atoms with Gasteiger partial charge in [0, 0.05) is 25.7 Å². The average molecular weight is 393 g/mol. The fourth-order valence-corrected chi connectivity index (χ4v) is 4.94. The van der Waals surface area contributed by atoms with E-state index in [9.17, 15) is 9.59 Å². The molecule has 28 heavy (non-hydrogen) atoms. The average Bonchev–Trinajstić information content (AvgIpc) is 2.70. The van der Waals surface area contributed by atoms with Crippen LogP contribution in [0.25, 0.3) is 0 Å². The number of unbranched alkanes of at least 4 members (excludes halogenated alkanes) is 7. The smallest absolute Gasteiger partial charge is 0.132 e. The van der Waals surface area contributed by atoms with Crippen molar-refractivity contribution in [1.82, 2.24) is 0 Å². The molecule has 0 radical (unpaired) electrons. The van der Waals surface area contributed by atoms with Crippen LogP contribution in [0.3, 0.4) is 0 Å². The van der Waals surface area contributed by atoms with E-state index in [-0.39, 0.29) is 0 Å². The SMILES string of the molecule is CCCCCCCCCC(=O)CCCCC(=O)CCC1CCCCC1CCC. The zero-order valence-corrected chi connectivity index (χ0v) is 19.1. The van der Waals surface area contributed by atoms with Gasteiger partial charge in [-0.3, -0.25) is 9.59 Å². The van der Waals surface area contributed by atoms with Crippen LogP contribution in [0.15, 0.2) is 0 Å². The number of carbonyl (C=O) groups excluding carboxylic acids is 2. The second-order valence-corrected chi connectivity index (χ2v) is 9.29. The van der Waals surface area contributed by atoms with Gasteiger partial charge in [-0.1, -0.05) is 90.9 Å². The lowest BCUT2D eigenvalue weighted by molar-refractivity contribution is -0.121. The van der Waals surface area contributed by atoms with E-state index in [2.05, 4.69) is 13.8 Å². The highest BCUT2D eigenvalue weighted by Gasteiger charge is 2.24. The van der Waals surface area contributed by atoms with E-state index in [1.165, 1.54) is 77.0 Å². The molecule has 1 rings (SSSR count). The number of Topliss-reactive ketones (excluding diaryl/α,β-unsaturated/α-hetero) is 2. The molecule has 2 nitrogen and oxygen atoms in total. The first-order chi connectivity index (χ1) is 13.7. The van der Waals surface area contributed by atoms with Crippen LogP contribution in [0.1, 0.15) is 142 Å². The van der Waals surface area contributed by atoms with Gasteiger partial charge in [-0.2, -0.15) is 0 Å². The quantitative estimate of drug-likeness (QED) is 0.220. The van der Waals surface area contributed by atoms with E-state index in [0.29, 0.717) is 24.4 Å². The number of carbonyl (C=O) groups is 2. The maximum absolute atomic E-state index is 12.2. The summed E-state index contributed by atoms with van der Waals surface area (Å²) in [6.07, 6.45) is 22.8. The minimum absolute atomic E-state index is 0.408. The third kappa shape index (κ3) is 12.7. The van der Waals surface area contributed by atoms with Crippen LogP contribution in [-0.2, 0) is 9.59 Å². The Kier molecular flexibility index (Phi) is 15.6. The van der Waals surface area contributed by atoms with Crippen molar-refractivity contribution in [3.8, 4) is 0 Å². The molecule has 0 aromatic heterocycles. The predicted octanol–water partition coefficient (Wildman–Crippen LogP) is 8.21. The van der Waals surface area contributed by atoms with Crippen LogP contribution < -0.4 is 0 Å². The first kappa shape index (κ1) is 25.4. The van der Waals surface area contributed by atoms with Gasteiger partial charge in [0.2, 0.25) is 0 Å². The van der Waals surface area contributed by atoms with Crippen molar-refractivity contribution in [3.63, 3.8) is 0 Å². The molecule has 2 heteroatoms. The van der Waals surface area contributed by atoms with Crippen molar-refractivity contribution in [2.45, 2.75) is 142 Å². The Morgan fingerprint density at radius 1 is 0.571 bits per heavy atom. The molecule has 1 saturated carbocycles. The molecule has 2 unspecified atom stereocenters. The van der Waals surface area contributed by atoms with Crippen molar-refractivity contribution in [2.75, 3.05) is 0 Å². The molecule has 0 bridgehead atoms. The Bertz CT molecular complexity index is 399. The van der Waals surface area contributed by atoms with E-state index < -0.39 is 0 Å². The summed E-state index contributed by atoms with van der Waals surface area (Å²) in [5, 5.41) is 0. The van der Waals surface area contributed by atoms with Gasteiger partial charge in [0.05, 0.1) is 0 Å². The number of hydrogen-bond acceptors (Lipinski definition) is 2. The van der Waals surface area contributed by atoms with E-state index in [0.717, 1.165) is 50.4 Å². The van der Waals surface area contributed by atoms with Crippen LogP contribution in [0, 0.1) is 11.8 Å². The Morgan fingerprint density at radius 2 is 1.04 bits per heavy atom. The molecule has 0 amide bonds. The first-order valence-electron chi connectivity index (χ1n) is 12.7. The summed E-state index contributed by atoms with van der Waals surface area (Å²) in [4.78, 5) is 24.2. The van der Waals surface area contributed by atoms with Gasteiger partial charge in [-0.15, -0.1) is 0 Å². The van der Waals surface area contributed by atoms with E-state index in [1.807, 2.05) is 0 Å². The third-order valence-corrected chi connectivity index (χ3v) is 6.74. The normalized spacial score (nSPS) is 19.6. The third-order valence-electron chi connectivity index (χ3n) is 6.74. The van der Waals surface area contributed by atoms with Gasteiger partial charge in [0.1, 0.15) is 11.6 Å². The lowest BCUT2D eigenvalue weighted by Crippen LogP contribution is -2.20. The fraction of sp³-hybridized carbons (Fsp3) is 0.923. The Hall–Kier alpha value is -0.660.